The van der Waals surface area contributed by atoms with Crippen molar-refractivity contribution in [3.63, 3.8) is 0 Å². The SMILES string of the molecule is CC(C)CNCCC(C)N(C)CC(C)C. The summed E-state index contributed by atoms with van der Waals surface area (Å²) < 4.78 is 0. The summed E-state index contributed by atoms with van der Waals surface area (Å²) in [6.07, 6.45) is 1.25. The van der Waals surface area contributed by atoms with Gasteiger partial charge in [0.05, 0.1) is 0 Å². The third kappa shape index (κ3) is 8.88. The van der Waals surface area contributed by atoms with Crippen LogP contribution in [0.5, 0.6) is 0 Å². The first-order chi connectivity index (χ1) is 6.93. The molecule has 0 amide bonds. The van der Waals surface area contributed by atoms with E-state index in [9.17, 15) is 0 Å². The molecule has 1 atom stereocenters. The Morgan fingerprint density at radius 2 is 1.60 bits per heavy atom. The molecule has 1 unspecified atom stereocenters. The molecule has 0 radical (unpaired) electrons. The van der Waals surface area contributed by atoms with Crippen molar-refractivity contribution in [2.45, 2.75) is 47.1 Å². The molecule has 0 aliphatic heterocycles. The molecular weight excluding hydrogens is 184 g/mol. The quantitative estimate of drug-likeness (QED) is 0.625. The monoisotopic (exact) mass is 214 g/mol. The van der Waals surface area contributed by atoms with Crippen LogP contribution in [-0.2, 0) is 0 Å². The summed E-state index contributed by atoms with van der Waals surface area (Å²) in [7, 11) is 2.23. The molecule has 0 bridgehead atoms. The molecule has 0 saturated heterocycles. The Bertz CT molecular complexity index is 143. The maximum absolute atomic E-state index is 3.50. The third-order valence-corrected chi connectivity index (χ3v) is 2.70. The van der Waals surface area contributed by atoms with Crippen molar-refractivity contribution in [3.05, 3.63) is 0 Å². The summed E-state index contributed by atoms with van der Waals surface area (Å²) in [5, 5.41) is 3.50. The highest BCUT2D eigenvalue weighted by atomic mass is 15.1. The number of hydrogen-bond acceptors (Lipinski definition) is 2. The molecule has 2 nitrogen and oxygen atoms in total. The van der Waals surface area contributed by atoms with Crippen LogP contribution in [0.1, 0.15) is 41.0 Å². The fourth-order valence-corrected chi connectivity index (χ4v) is 1.68. The molecule has 1 N–H and O–H groups in total. The Hall–Kier alpha value is -0.0800. The zero-order valence-electron chi connectivity index (χ0n) is 11.5. The highest BCUT2D eigenvalue weighted by Gasteiger charge is 2.09. The van der Waals surface area contributed by atoms with Crippen LogP contribution in [0.3, 0.4) is 0 Å². The zero-order valence-corrected chi connectivity index (χ0v) is 11.5. The first-order valence-corrected chi connectivity index (χ1v) is 6.34. The molecule has 0 saturated carbocycles. The maximum Gasteiger partial charge on any atom is 0.00760 e. The molecule has 92 valence electrons. The third-order valence-electron chi connectivity index (χ3n) is 2.70. The summed E-state index contributed by atoms with van der Waals surface area (Å²) in [4.78, 5) is 2.46. The second kappa shape index (κ2) is 8.12. The van der Waals surface area contributed by atoms with Crippen LogP contribution >= 0.6 is 0 Å². The largest absolute Gasteiger partial charge is 0.316 e. The molecular formula is C13H30N2. The summed E-state index contributed by atoms with van der Waals surface area (Å²) in [5.74, 6) is 1.52. The Labute approximate surface area is 96.4 Å². The molecule has 15 heavy (non-hydrogen) atoms. The van der Waals surface area contributed by atoms with Gasteiger partial charge in [0.15, 0.2) is 0 Å². The molecule has 0 rings (SSSR count). The van der Waals surface area contributed by atoms with E-state index in [4.69, 9.17) is 0 Å². The average molecular weight is 214 g/mol. The zero-order chi connectivity index (χ0) is 11.8. The molecule has 0 aliphatic rings. The van der Waals surface area contributed by atoms with E-state index in [1.54, 1.807) is 0 Å². The van der Waals surface area contributed by atoms with Crippen LogP contribution in [0.2, 0.25) is 0 Å². The van der Waals surface area contributed by atoms with E-state index in [1.165, 1.54) is 13.0 Å². The van der Waals surface area contributed by atoms with E-state index < -0.39 is 0 Å². The lowest BCUT2D eigenvalue weighted by Gasteiger charge is -2.26. The molecule has 0 aromatic carbocycles. The number of hydrogen-bond donors (Lipinski definition) is 1. The van der Waals surface area contributed by atoms with Gasteiger partial charge in [-0.2, -0.15) is 0 Å². The first-order valence-electron chi connectivity index (χ1n) is 6.34. The predicted octanol–water partition coefficient (Wildman–Crippen LogP) is 2.60. The lowest BCUT2D eigenvalue weighted by Crippen LogP contribution is -2.35. The van der Waals surface area contributed by atoms with Crippen molar-refractivity contribution in [2.75, 3.05) is 26.7 Å². The Morgan fingerprint density at radius 3 is 2.07 bits per heavy atom. The standard InChI is InChI=1S/C13H30N2/c1-11(2)9-14-8-7-13(5)15(6)10-12(3)4/h11-14H,7-10H2,1-6H3. The minimum atomic E-state index is 0.687. The van der Waals surface area contributed by atoms with Gasteiger partial charge in [0.25, 0.3) is 0 Å². The highest BCUT2D eigenvalue weighted by Crippen LogP contribution is 2.04. The molecule has 0 aromatic rings. The second-order valence-electron chi connectivity index (χ2n) is 5.57. The first kappa shape index (κ1) is 14.9. The van der Waals surface area contributed by atoms with Crippen LogP contribution in [-0.4, -0.2) is 37.6 Å². The minimum Gasteiger partial charge on any atom is -0.316 e. The topological polar surface area (TPSA) is 15.3 Å². The summed E-state index contributed by atoms with van der Waals surface area (Å²) in [5.41, 5.74) is 0. The molecule has 0 heterocycles. The molecule has 0 aliphatic carbocycles. The van der Waals surface area contributed by atoms with E-state index in [2.05, 4.69) is 51.9 Å². The molecule has 0 aromatic heterocycles. The molecule has 0 spiro atoms. The van der Waals surface area contributed by atoms with Crippen molar-refractivity contribution < 1.29 is 0 Å². The number of nitrogens with zero attached hydrogens (tertiary/aromatic N) is 1. The van der Waals surface area contributed by atoms with E-state index in [1.807, 2.05) is 0 Å². The van der Waals surface area contributed by atoms with E-state index in [0.29, 0.717) is 6.04 Å². The lowest BCUT2D eigenvalue weighted by atomic mass is 10.1. The van der Waals surface area contributed by atoms with Gasteiger partial charge >= 0.3 is 0 Å². The van der Waals surface area contributed by atoms with E-state index in [-0.39, 0.29) is 0 Å². The Morgan fingerprint density at radius 1 is 1.00 bits per heavy atom. The second-order valence-corrected chi connectivity index (χ2v) is 5.57. The van der Waals surface area contributed by atoms with Crippen LogP contribution in [0.4, 0.5) is 0 Å². The Balaban J connectivity index is 3.51. The summed E-state index contributed by atoms with van der Waals surface area (Å²) >= 11 is 0. The number of nitrogens with one attached hydrogen (secondary N) is 1. The lowest BCUT2D eigenvalue weighted by molar-refractivity contribution is 0.219. The summed E-state index contributed by atoms with van der Waals surface area (Å²) in [6, 6.07) is 0.687. The minimum absolute atomic E-state index is 0.687. The normalized spacial score (nSPS) is 14.2. The van der Waals surface area contributed by atoms with Crippen LogP contribution < -0.4 is 5.32 Å². The van der Waals surface area contributed by atoms with Gasteiger partial charge in [0.2, 0.25) is 0 Å². The smallest absolute Gasteiger partial charge is 0.00760 e. The van der Waals surface area contributed by atoms with Gasteiger partial charge < -0.3 is 10.2 Å². The van der Waals surface area contributed by atoms with E-state index in [0.717, 1.165) is 24.9 Å². The predicted molar refractivity (Wildman–Crippen MR) is 69.3 cm³/mol. The van der Waals surface area contributed by atoms with Gasteiger partial charge in [-0.05, 0) is 45.3 Å². The highest BCUT2D eigenvalue weighted by molar-refractivity contribution is 4.66. The van der Waals surface area contributed by atoms with Crippen molar-refractivity contribution in [1.82, 2.24) is 10.2 Å². The number of rotatable bonds is 8. The van der Waals surface area contributed by atoms with Crippen molar-refractivity contribution in [3.8, 4) is 0 Å². The van der Waals surface area contributed by atoms with Gasteiger partial charge in [-0.25, -0.2) is 0 Å². The molecule has 2 heteroatoms. The van der Waals surface area contributed by atoms with Gasteiger partial charge in [0.1, 0.15) is 0 Å². The van der Waals surface area contributed by atoms with Gasteiger partial charge in [0, 0.05) is 12.6 Å². The average Bonchev–Trinajstić information content (AvgIpc) is 2.10. The summed E-state index contributed by atoms with van der Waals surface area (Å²) in [6.45, 7) is 14.9. The van der Waals surface area contributed by atoms with E-state index >= 15 is 0 Å². The fourth-order valence-electron chi connectivity index (χ4n) is 1.68. The van der Waals surface area contributed by atoms with Gasteiger partial charge in [-0.1, -0.05) is 27.7 Å². The van der Waals surface area contributed by atoms with Crippen LogP contribution in [0, 0.1) is 11.8 Å². The fraction of sp³-hybridized carbons (Fsp3) is 1.00. The van der Waals surface area contributed by atoms with Gasteiger partial charge in [-0.3, -0.25) is 0 Å². The van der Waals surface area contributed by atoms with Crippen molar-refractivity contribution in [2.24, 2.45) is 11.8 Å². The van der Waals surface area contributed by atoms with Crippen molar-refractivity contribution >= 4 is 0 Å². The maximum atomic E-state index is 3.50. The van der Waals surface area contributed by atoms with Crippen molar-refractivity contribution in [1.29, 1.82) is 0 Å². The molecule has 0 fully saturated rings. The van der Waals surface area contributed by atoms with Crippen LogP contribution in [0.15, 0.2) is 0 Å². The Kier molecular flexibility index (Phi) is 8.07. The van der Waals surface area contributed by atoms with Crippen LogP contribution in [0.25, 0.3) is 0 Å². The van der Waals surface area contributed by atoms with Gasteiger partial charge in [-0.15, -0.1) is 0 Å².